The molecule has 1 amide bonds. The van der Waals surface area contributed by atoms with Crippen LogP contribution < -0.4 is 5.32 Å². The highest BCUT2D eigenvalue weighted by Gasteiger charge is 2.22. The molecule has 2 aliphatic rings. The van der Waals surface area contributed by atoms with Crippen LogP contribution in [0.4, 0.5) is 0 Å². The lowest BCUT2D eigenvalue weighted by Gasteiger charge is -2.36. The molecule has 6 nitrogen and oxygen atoms in total. The summed E-state index contributed by atoms with van der Waals surface area (Å²) < 4.78 is 0. The summed E-state index contributed by atoms with van der Waals surface area (Å²) >= 11 is 0. The molecule has 1 aromatic rings. The maximum atomic E-state index is 11.4. The van der Waals surface area contributed by atoms with Gasteiger partial charge in [0.15, 0.2) is 5.96 Å². The predicted molar refractivity (Wildman–Crippen MR) is 114 cm³/mol. The Labute approximate surface area is 169 Å². The number of likely N-dealkylation sites (tertiary alicyclic amines) is 1. The molecule has 0 saturated carbocycles. The molecule has 0 unspecified atom stereocenters. The van der Waals surface area contributed by atoms with Crippen molar-refractivity contribution in [3.05, 3.63) is 35.9 Å². The van der Waals surface area contributed by atoms with E-state index in [1.165, 1.54) is 24.8 Å². The average molecular weight is 386 g/mol. The summed E-state index contributed by atoms with van der Waals surface area (Å²) in [5, 5.41) is 3.54. The van der Waals surface area contributed by atoms with Crippen molar-refractivity contribution in [3.8, 4) is 0 Å². The van der Waals surface area contributed by atoms with E-state index in [-0.39, 0.29) is 5.91 Å². The Bertz CT molecular complexity index is 632. The normalized spacial score (nSPS) is 19.7. The van der Waals surface area contributed by atoms with Crippen molar-refractivity contribution in [2.24, 2.45) is 10.9 Å². The number of benzene rings is 1. The molecule has 2 heterocycles. The lowest BCUT2D eigenvalue weighted by molar-refractivity contribution is -0.130. The molecule has 0 spiro atoms. The molecule has 28 heavy (non-hydrogen) atoms. The van der Waals surface area contributed by atoms with Gasteiger partial charge in [-0.3, -0.25) is 14.7 Å². The summed E-state index contributed by atoms with van der Waals surface area (Å²) in [6, 6.07) is 10.8. The van der Waals surface area contributed by atoms with Gasteiger partial charge in [0.2, 0.25) is 5.91 Å². The van der Waals surface area contributed by atoms with E-state index in [0.29, 0.717) is 0 Å². The fourth-order valence-electron chi connectivity index (χ4n) is 4.24. The molecule has 2 saturated heterocycles. The molecule has 0 atom stereocenters. The zero-order valence-corrected chi connectivity index (χ0v) is 17.4. The third-order valence-corrected chi connectivity index (χ3v) is 6.02. The number of hydrogen-bond acceptors (Lipinski definition) is 3. The van der Waals surface area contributed by atoms with Crippen molar-refractivity contribution in [1.82, 2.24) is 20.0 Å². The van der Waals surface area contributed by atoms with E-state index in [4.69, 9.17) is 0 Å². The zero-order valence-electron chi connectivity index (χ0n) is 17.4. The summed E-state index contributed by atoms with van der Waals surface area (Å²) in [5.74, 6) is 1.99. The van der Waals surface area contributed by atoms with Gasteiger partial charge in [-0.2, -0.15) is 0 Å². The lowest BCUT2D eigenvalue weighted by Crippen LogP contribution is -2.51. The first-order valence-electron chi connectivity index (χ1n) is 10.6. The minimum atomic E-state index is 0.189. The van der Waals surface area contributed by atoms with Crippen molar-refractivity contribution >= 4 is 11.9 Å². The predicted octanol–water partition coefficient (Wildman–Crippen LogP) is 1.68. The molecular formula is C22H35N5O. The van der Waals surface area contributed by atoms with Gasteiger partial charge >= 0.3 is 0 Å². The number of carbonyl (C=O) groups excluding carboxylic acids is 1. The fourth-order valence-corrected chi connectivity index (χ4v) is 4.24. The Morgan fingerprint density at radius 1 is 1.04 bits per heavy atom. The molecule has 154 valence electrons. The highest BCUT2D eigenvalue weighted by Crippen LogP contribution is 2.21. The first-order valence-corrected chi connectivity index (χ1v) is 10.6. The average Bonchev–Trinajstić information content (AvgIpc) is 2.73. The monoisotopic (exact) mass is 385 g/mol. The highest BCUT2D eigenvalue weighted by atomic mass is 16.2. The number of piperidine rings is 1. The molecule has 0 radical (unpaired) electrons. The van der Waals surface area contributed by atoms with Crippen LogP contribution in [0.1, 0.15) is 25.3 Å². The van der Waals surface area contributed by atoms with Crippen molar-refractivity contribution in [2.45, 2.75) is 26.2 Å². The molecule has 0 aliphatic carbocycles. The molecule has 2 aliphatic heterocycles. The van der Waals surface area contributed by atoms with Crippen molar-refractivity contribution in [2.75, 3.05) is 59.4 Å². The van der Waals surface area contributed by atoms with Crippen LogP contribution in [0.15, 0.2) is 35.3 Å². The number of amides is 1. The van der Waals surface area contributed by atoms with Crippen molar-refractivity contribution < 1.29 is 4.79 Å². The van der Waals surface area contributed by atoms with Crippen LogP contribution in [0, 0.1) is 5.92 Å². The van der Waals surface area contributed by atoms with Gasteiger partial charge in [0, 0.05) is 66.3 Å². The molecule has 2 fully saturated rings. The number of aliphatic imine (C=N–C) groups is 1. The Morgan fingerprint density at radius 3 is 2.32 bits per heavy atom. The number of nitrogens with one attached hydrogen (secondary N) is 1. The van der Waals surface area contributed by atoms with E-state index in [1.807, 2.05) is 11.9 Å². The maximum Gasteiger partial charge on any atom is 0.219 e. The van der Waals surface area contributed by atoms with Gasteiger partial charge in [-0.25, -0.2) is 0 Å². The molecule has 1 aromatic carbocycles. The van der Waals surface area contributed by atoms with Gasteiger partial charge in [-0.15, -0.1) is 0 Å². The van der Waals surface area contributed by atoms with Gasteiger partial charge in [0.05, 0.1) is 0 Å². The maximum absolute atomic E-state index is 11.4. The van der Waals surface area contributed by atoms with Gasteiger partial charge in [-0.1, -0.05) is 30.3 Å². The summed E-state index contributed by atoms with van der Waals surface area (Å²) in [6.45, 7) is 9.33. The minimum Gasteiger partial charge on any atom is -0.355 e. The van der Waals surface area contributed by atoms with E-state index in [2.05, 4.69) is 50.4 Å². The Balaban J connectivity index is 1.35. The van der Waals surface area contributed by atoms with Crippen molar-refractivity contribution in [3.63, 3.8) is 0 Å². The first-order chi connectivity index (χ1) is 13.7. The standard InChI is InChI=1S/C22H35N5O/c1-19(28)26-16-14-25(15-17-26)13-10-24-22(23-2)27-11-8-21(9-12-27)18-20-6-4-3-5-7-20/h3-7,21H,8-18H2,1-2H3,(H,23,24). The molecule has 0 bridgehead atoms. The molecule has 1 N–H and O–H groups in total. The van der Waals surface area contributed by atoms with Gasteiger partial charge in [0.25, 0.3) is 0 Å². The highest BCUT2D eigenvalue weighted by molar-refractivity contribution is 5.80. The van der Waals surface area contributed by atoms with Crippen LogP contribution in [0.2, 0.25) is 0 Å². The number of rotatable bonds is 5. The Morgan fingerprint density at radius 2 is 1.71 bits per heavy atom. The second kappa shape index (κ2) is 10.5. The van der Waals surface area contributed by atoms with Gasteiger partial charge in [-0.05, 0) is 30.7 Å². The topological polar surface area (TPSA) is 51.2 Å². The van der Waals surface area contributed by atoms with Crippen molar-refractivity contribution in [1.29, 1.82) is 0 Å². The van der Waals surface area contributed by atoms with Gasteiger partial charge < -0.3 is 15.1 Å². The summed E-state index contributed by atoms with van der Waals surface area (Å²) in [7, 11) is 1.88. The Kier molecular flexibility index (Phi) is 7.71. The lowest BCUT2D eigenvalue weighted by atomic mass is 9.90. The van der Waals surface area contributed by atoms with Crippen LogP contribution in [0.5, 0.6) is 0 Å². The van der Waals surface area contributed by atoms with Crippen LogP contribution in [0.3, 0.4) is 0 Å². The number of carbonyl (C=O) groups is 1. The minimum absolute atomic E-state index is 0.189. The summed E-state index contributed by atoms with van der Waals surface area (Å²) in [4.78, 5) is 22.7. The zero-order chi connectivity index (χ0) is 19.8. The van der Waals surface area contributed by atoms with Crippen LogP contribution in [-0.2, 0) is 11.2 Å². The Hall–Kier alpha value is -2.08. The number of hydrogen-bond donors (Lipinski definition) is 1. The molecule has 3 rings (SSSR count). The van der Waals surface area contributed by atoms with E-state index in [0.717, 1.165) is 64.2 Å². The quantitative estimate of drug-likeness (QED) is 0.619. The molecule has 6 heteroatoms. The third kappa shape index (κ3) is 5.96. The van der Waals surface area contributed by atoms with E-state index in [9.17, 15) is 4.79 Å². The number of piperazine rings is 1. The fraction of sp³-hybridized carbons (Fsp3) is 0.636. The molecule has 0 aromatic heterocycles. The molecular weight excluding hydrogens is 350 g/mol. The number of guanidine groups is 1. The largest absolute Gasteiger partial charge is 0.355 e. The van der Waals surface area contributed by atoms with E-state index < -0.39 is 0 Å². The second-order valence-corrected chi connectivity index (χ2v) is 7.94. The van der Waals surface area contributed by atoms with Crippen LogP contribution in [-0.4, -0.2) is 86.0 Å². The van der Waals surface area contributed by atoms with Crippen LogP contribution >= 0.6 is 0 Å². The first kappa shape index (κ1) is 20.6. The van der Waals surface area contributed by atoms with Crippen LogP contribution in [0.25, 0.3) is 0 Å². The third-order valence-electron chi connectivity index (χ3n) is 6.02. The summed E-state index contributed by atoms with van der Waals surface area (Å²) in [5.41, 5.74) is 1.45. The van der Waals surface area contributed by atoms with E-state index >= 15 is 0 Å². The van der Waals surface area contributed by atoms with Gasteiger partial charge in [0.1, 0.15) is 0 Å². The number of nitrogens with zero attached hydrogens (tertiary/aromatic N) is 4. The smallest absolute Gasteiger partial charge is 0.219 e. The SMILES string of the molecule is CN=C(NCCN1CCN(C(C)=O)CC1)N1CCC(Cc2ccccc2)CC1. The second-order valence-electron chi connectivity index (χ2n) is 7.94. The van der Waals surface area contributed by atoms with E-state index in [1.54, 1.807) is 6.92 Å². The summed E-state index contributed by atoms with van der Waals surface area (Å²) in [6.07, 6.45) is 3.64.